The van der Waals surface area contributed by atoms with Gasteiger partial charge >= 0.3 is 11.9 Å². The fraction of sp³-hybridized carbons (Fsp3) is 0.462. The monoisotopic (exact) mass is 610 g/mol. The summed E-state index contributed by atoms with van der Waals surface area (Å²) in [6, 6.07) is 10.9. The third-order valence-electron chi connectivity index (χ3n) is 6.24. The van der Waals surface area contributed by atoms with Crippen molar-refractivity contribution in [3.05, 3.63) is 57.6 Å². The van der Waals surface area contributed by atoms with Crippen molar-refractivity contribution < 1.29 is 49.1 Å². The topological polar surface area (TPSA) is 214 Å². The van der Waals surface area contributed by atoms with Gasteiger partial charge in [0.05, 0.1) is 35.0 Å². The summed E-state index contributed by atoms with van der Waals surface area (Å²) in [5.41, 5.74) is 1.50. The van der Waals surface area contributed by atoms with Gasteiger partial charge in [-0.3, -0.25) is 19.7 Å². The van der Waals surface area contributed by atoms with Crippen molar-refractivity contribution in [3.63, 3.8) is 0 Å². The molecule has 2 aromatic rings. The van der Waals surface area contributed by atoms with Crippen molar-refractivity contribution in [1.29, 1.82) is 0 Å². The van der Waals surface area contributed by atoms with Crippen LogP contribution in [0.25, 0.3) is 0 Å². The lowest BCUT2D eigenvalue weighted by atomic mass is 10.1. The summed E-state index contributed by atoms with van der Waals surface area (Å²) in [6.45, 7) is 2.40. The number of aliphatic hydroxyl groups is 4. The molecule has 2 aromatic carbocycles. The molecule has 42 heavy (non-hydrogen) atoms. The molecule has 0 spiro atoms. The SMILES string of the molecule is CCN(CCOC(=O)CCC(=O)OC[C@@H](O)[C@@H]1O[C@@H](O)[C@H](O)[C@H]1O)c1ccc(N=Nc2ccc([N+](=O)[O-])cc2Cl)cc1. The number of hydrogen-bond acceptors (Lipinski definition) is 14. The predicted octanol–water partition coefficient (Wildman–Crippen LogP) is 2.16. The van der Waals surface area contributed by atoms with Crippen molar-refractivity contribution in [2.24, 2.45) is 10.2 Å². The number of nitrogens with zero attached hydrogens (tertiary/aromatic N) is 4. The number of nitro groups is 1. The lowest BCUT2D eigenvalue weighted by Gasteiger charge is -2.23. The number of nitro benzene ring substituents is 1. The molecule has 4 N–H and O–H groups in total. The zero-order valence-electron chi connectivity index (χ0n) is 22.5. The van der Waals surface area contributed by atoms with E-state index in [1.54, 1.807) is 24.3 Å². The Morgan fingerprint density at radius 2 is 1.74 bits per heavy atom. The number of halogens is 1. The molecule has 16 heteroatoms. The van der Waals surface area contributed by atoms with Crippen LogP contribution in [0.5, 0.6) is 0 Å². The van der Waals surface area contributed by atoms with Crippen LogP contribution in [0.4, 0.5) is 22.7 Å². The molecule has 1 aliphatic rings. The van der Waals surface area contributed by atoms with E-state index in [-0.39, 0.29) is 35.8 Å². The number of carbonyl (C=O) groups is 2. The summed E-state index contributed by atoms with van der Waals surface area (Å²) < 4.78 is 14.9. The average molecular weight is 611 g/mol. The number of aliphatic hydroxyl groups excluding tert-OH is 4. The zero-order chi connectivity index (χ0) is 30.8. The molecule has 3 rings (SSSR count). The standard InChI is InChI=1S/C26H31ClN4O11/c1-2-30(16-5-3-15(4-6-16)28-29-19-8-7-17(31(38)39)13-18(19)27)11-12-40-21(33)9-10-22(34)41-14-20(32)25-23(35)24(36)26(37)42-25/h3-8,13,20,23-26,32,35-37H,2,9-12,14H2,1H3/t20-,23-,24-,25+,26-/m1/s1. The first kappa shape index (κ1) is 32.8. The van der Waals surface area contributed by atoms with Gasteiger partial charge in [-0.15, -0.1) is 5.11 Å². The van der Waals surface area contributed by atoms with E-state index in [9.17, 15) is 40.1 Å². The van der Waals surface area contributed by atoms with E-state index in [1.165, 1.54) is 18.2 Å². The Balaban J connectivity index is 1.38. The van der Waals surface area contributed by atoms with E-state index in [0.29, 0.717) is 18.8 Å². The van der Waals surface area contributed by atoms with E-state index in [4.69, 9.17) is 25.8 Å². The first-order valence-electron chi connectivity index (χ1n) is 12.9. The zero-order valence-corrected chi connectivity index (χ0v) is 23.2. The molecule has 228 valence electrons. The molecule has 1 aliphatic heterocycles. The third kappa shape index (κ3) is 9.14. The Labute approximate surface area is 245 Å². The molecule has 5 atom stereocenters. The summed E-state index contributed by atoms with van der Waals surface area (Å²) >= 11 is 6.03. The van der Waals surface area contributed by atoms with Crippen molar-refractivity contribution in [3.8, 4) is 0 Å². The fourth-order valence-electron chi connectivity index (χ4n) is 3.90. The molecule has 0 radical (unpaired) electrons. The number of non-ortho nitro benzene ring substituents is 1. The maximum Gasteiger partial charge on any atom is 0.306 e. The summed E-state index contributed by atoms with van der Waals surface area (Å²) in [6.07, 6.45) is -8.19. The van der Waals surface area contributed by atoms with Crippen molar-refractivity contribution in [2.75, 3.05) is 31.2 Å². The first-order valence-corrected chi connectivity index (χ1v) is 13.3. The average Bonchev–Trinajstić information content (AvgIpc) is 3.23. The lowest BCUT2D eigenvalue weighted by Crippen LogP contribution is -2.41. The van der Waals surface area contributed by atoms with Crippen LogP contribution in [0.3, 0.4) is 0 Å². The number of azo groups is 1. The Morgan fingerprint density at radius 1 is 1.07 bits per heavy atom. The normalized spacial score (nSPS) is 20.8. The van der Waals surface area contributed by atoms with Crippen LogP contribution >= 0.6 is 11.6 Å². The van der Waals surface area contributed by atoms with Crippen LogP contribution in [-0.2, 0) is 23.8 Å². The van der Waals surface area contributed by atoms with Gasteiger partial charge in [-0.1, -0.05) is 11.6 Å². The minimum absolute atomic E-state index is 0.0576. The van der Waals surface area contributed by atoms with Gasteiger partial charge in [0.25, 0.3) is 5.69 Å². The predicted molar refractivity (Wildman–Crippen MR) is 147 cm³/mol. The van der Waals surface area contributed by atoms with Gasteiger partial charge in [-0.05, 0) is 37.3 Å². The van der Waals surface area contributed by atoms with E-state index in [1.807, 2.05) is 11.8 Å². The largest absolute Gasteiger partial charge is 0.464 e. The number of ether oxygens (including phenoxy) is 3. The summed E-state index contributed by atoms with van der Waals surface area (Å²) in [5, 5.41) is 57.6. The number of hydrogen-bond donors (Lipinski definition) is 4. The van der Waals surface area contributed by atoms with Gasteiger partial charge in [0.1, 0.15) is 43.3 Å². The van der Waals surface area contributed by atoms with Crippen molar-refractivity contribution in [1.82, 2.24) is 0 Å². The smallest absolute Gasteiger partial charge is 0.306 e. The highest BCUT2D eigenvalue weighted by atomic mass is 35.5. The van der Waals surface area contributed by atoms with Crippen molar-refractivity contribution >= 4 is 46.3 Å². The second-order valence-corrected chi connectivity index (χ2v) is 9.54. The Kier molecular flexibility index (Phi) is 12.1. The number of esters is 2. The molecule has 0 unspecified atom stereocenters. The highest BCUT2D eigenvalue weighted by Crippen LogP contribution is 2.31. The molecule has 0 aromatic heterocycles. The highest BCUT2D eigenvalue weighted by molar-refractivity contribution is 6.33. The van der Waals surface area contributed by atoms with Crippen LogP contribution in [0, 0.1) is 10.1 Å². The fourth-order valence-corrected chi connectivity index (χ4v) is 4.11. The molecule has 0 saturated carbocycles. The maximum atomic E-state index is 12.1. The second kappa shape index (κ2) is 15.5. The van der Waals surface area contributed by atoms with E-state index < -0.39 is 54.2 Å². The third-order valence-corrected chi connectivity index (χ3v) is 6.54. The molecule has 0 bridgehead atoms. The van der Waals surface area contributed by atoms with Crippen molar-refractivity contribution in [2.45, 2.75) is 50.5 Å². The summed E-state index contributed by atoms with van der Waals surface area (Å²) in [7, 11) is 0. The maximum absolute atomic E-state index is 12.1. The van der Waals surface area contributed by atoms with Gasteiger partial charge in [0, 0.05) is 24.4 Å². The molecule has 1 saturated heterocycles. The van der Waals surface area contributed by atoms with E-state index in [2.05, 4.69) is 10.2 Å². The minimum atomic E-state index is -1.67. The van der Waals surface area contributed by atoms with Crippen LogP contribution in [0.2, 0.25) is 5.02 Å². The molecule has 1 fully saturated rings. The van der Waals surface area contributed by atoms with E-state index in [0.717, 1.165) is 5.69 Å². The molecule has 0 aliphatic carbocycles. The number of likely N-dealkylation sites (N-methyl/N-ethyl adjacent to an activating group) is 1. The number of rotatable bonds is 14. The quantitative estimate of drug-likeness (QED) is 0.105. The summed E-state index contributed by atoms with van der Waals surface area (Å²) in [5.74, 6) is -1.41. The van der Waals surface area contributed by atoms with Crippen LogP contribution < -0.4 is 4.90 Å². The first-order chi connectivity index (χ1) is 20.0. The van der Waals surface area contributed by atoms with Gasteiger partial charge in [0.2, 0.25) is 0 Å². The van der Waals surface area contributed by atoms with E-state index >= 15 is 0 Å². The van der Waals surface area contributed by atoms with Crippen LogP contribution in [-0.4, -0.2) is 94.3 Å². The van der Waals surface area contributed by atoms with Gasteiger partial charge in [-0.25, -0.2) is 0 Å². The molecule has 0 amide bonds. The van der Waals surface area contributed by atoms with Crippen LogP contribution in [0.15, 0.2) is 52.7 Å². The number of benzene rings is 2. The summed E-state index contributed by atoms with van der Waals surface area (Å²) in [4.78, 5) is 36.2. The molecule has 15 nitrogen and oxygen atoms in total. The number of carbonyl (C=O) groups excluding carboxylic acids is 2. The van der Waals surface area contributed by atoms with Crippen LogP contribution in [0.1, 0.15) is 19.8 Å². The van der Waals surface area contributed by atoms with Gasteiger partial charge in [-0.2, -0.15) is 5.11 Å². The molecular weight excluding hydrogens is 580 g/mol. The van der Waals surface area contributed by atoms with Gasteiger partial charge in [0.15, 0.2) is 6.29 Å². The molecule has 1 heterocycles. The number of anilines is 1. The Bertz CT molecular complexity index is 1260. The Morgan fingerprint density at radius 3 is 2.31 bits per heavy atom. The van der Waals surface area contributed by atoms with Gasteiger partial charge < -0.3 is 39.5 Å². The molecular formula is C26H31ClN4O11. The second-order valence-electron chi connectivity index (χ2n) is 9.13. The highest BCUT2D eigenvalue weighted by Gasteiger charge is 2.45. The Hall–Kier alpha value is -3.73. The lowest BCUT2D eigenvalue weighted by molar-refractivity contribution is -0.384. The minimum Gasteiger partial charge on any atom is -0.464 e.